The molecule has 2 aromatic rings. The Balaban J connectivity index is 1.96. The molecule has 5 heteroatoms. The van der Waals surface area contributed by atoms with Crippen LogP contribution in [-0.4, -0.2) is 17.0 Å². The zero-order chi connectivity index (χ0) is 15.6. The standard InChI is InChI=1S/C16H22N2O3/c1-16(2,3)10-14(19)17-8-7-11-5-6-13-12(9-11)18(4)15(20)21-13/h5-6,9H,7-8,10H2,1-4H3,(H,17,19). The first-order valence-corrected chi connectivity index (χ1v) is 7.11. The summed E-state index contributed by atoms with van der Waals surface area (Å²) in [5.41, 5.74) is 2.43. The summed E-state index contributed by atoms with van der Waals surface area (Å²) >= 11 is 0. The normalized spacial score (nSPS) is 11.8. The number of amides is 1. The molecule has 2 rings (SSSR count). The van der Waals surface area contributed by atoms with Crippen molar-refractivity contribution in [2.75, 3.05) is 6.54 Å². The summed E-state index contributed by atoms with van der Waals surface area (Å²) in [5.74, 6) is -0.292. The summed E-state index contributed by atoms with van der Waals surface area (Å²) in [6, 6.07) is 5.64. The van der Waals surface area contributed by atoms with Crippen molar-refractivity contribution in [3.05, 3.63) is 34.3 Å². The van der Waals surface area contributed by atoms with Crippen molar-refractivity contribution in [1.29, 1.82) is 0 Å². The van der Waals surface area contributed by atoms with Gasteiger partial charge in [-0.05, 0) is 29.5 Å². The molecule has 5 nitrogen and oxygen atoms in total. The molecule has 0 spiro atoms. The minimum absolute atomic E-state index is 0.00192. The second-order valence-electron chi connectivity index (χ2n) is 6.57. The zero-order valence-corrected chi connectivity index (χ0v) is 13.0. The van der Waals surface area contributed by atoms with Gasteiger partial charge in [0.2, 0.25) is 5.91 Å². The van der Waals surface area contributed by atoms with Crippen LogP contribution in [0.25, 0.3) is 11.1 Å². The van der Waals surface area contributed by atoms with Gasteiger partial charge in [-0.3, -0.25) is 9.36 Å². The number of fused-ring (bicyclic) bond motifs is 1. The van der Waals surface area contributed by atoms with Crippen molar-refractivity contribution >= 4 is 17.0 Å². The molecule has 21 heavy (non-hydrogen) atoms. The minimum Gasteiger partial charge on any atom is -0.408 e. The second-order valence-corrected chi connectivity index (χ2v) is 6.57. The SMILES string of the molecule is Cn1c(=O)oc2ccc(CCNC(=O)CC(C)(C)C)cc21. The summed E-state index contributed by atoms with van der Waals surface area (Å²) in [6.07, 6.45) is 1.24. The Labute approximate surface area is 123 Å². The van der Waals surface area contributed by atoms with E-state index in [9.17, 15) is 9.59 Å². The lowest BCUT2D eigenvalue weighted by Gasteiger charge is -2.17. The van der Waals surface area contributed by atoms with Gasteiger partial charge in [0.25, 0.3) is 0 Å². The Morgan fingerprint density at radius 2 is 2.05 bits per heavy atom. The van der Waals surface area contributed by atoms with Crippen LogP contribution in [0.2, 0.25) is 0 Å². The highest BCUT2D eigenvalue weighted by molar-refractivity contribution is 5.76. The van der Waals surface area contributed by atoms with E-state index in [0.717, 1.165) is 17.5 Å². The van der Waals surface area contributed by atoms with Crippen molar-refractivity contribution < 1.29 is 9.21 Å². The first-order valence-electron chi connectivity index (χ1n) is 7.11. The van der Waals surface area contributed by atoms with Gasteiger partial charge in [-0.1, -0.05) is 26.8 Å². The van der Waals surface area contributed by atoms with Crippen LogP contribution in [0.3, 0.4) is 0 Å². The smallest absolute Gasteiger partial charge is 0.408 e. The van der Waals surface area contributed by atoms with Gasteiger partial charge < -0.3 is 9.73 Å². The van der Waals surface area contributed by atoms with E-state index >= 15 is 0 Å². The Kier molecular flexibility index (Phi) is 4.21. The molecule has 1 heterocycles. The van der Waals surface area contributed by atoms with Gasteiger partial charge in [0.05, 0.1) is 5.52 Å². The number of nitrogens with one attached hydrogen (secondary N) is 1. The van der Waals surface area contributed by atoms with Crippen molar-refractivity contribution in [3.8, 4) is 0 Å². The van der Waals surface area contributed by atoms with E-state index in [4.69, 9.17) is 4.42 Å². The molecule has 0 atom stereocenters. The fourth-order valence-corrected chi connectivity index (χ4v) is 2.22. The monoisotopic (exact) mass is 290 g/mol. The molecule has 0 unspecified atom stereocenters. The van der Waals surface area contributed by atoms with Gasteiger partial charge in [0.15, 0.2) is 5.58 Å². The van der Waals surface area contributed by atoms with Crippen LogP contribution in [0.1, 0.15) is 32.8 Å². The predicted octanol–water partition coefficient (Wildman–Crippen LogP) is 2.23. The molecule has 0 aliphatic carbocycles. The van der Waals surface area contributed by atoms with Gasteiger partial charge in [0.1, 0.15) is 0 Å². The Morgan fingerprint density at radius 1 is 1.33 bits per heavy atom. The van der Waals surface area contributed by atoms with Gasteiger partial charge >= 0.3 is 5.76 Å². The molecular formula is C16H22N2O3. The van der Waals surface area contributed by atoms with E-state index in [1.54, 1.807) is 13.1 Å². The van der Waals surface area contributed by atoms with E-state index in [0.29, 0.717) is 18.5 Å². The number of nitrogens with zero attached hydrogens (tertiary/aromatic N) is 1. The van der Waals surface area contributed by atoms with Crippen molar-refractivity contribution in [1.82, 2.24) is 9.88 Å². The molecule has 0 saturated heterocycles. The van der Waals surface area contributed by atoms with Gasteiger partial charge in [0, 0.05) is 20.0 Å². The van der Waals surface area contributed by atoms with E-state index in [1.165, 1.54) is 4.57 Å². The average molecular weight is 290 g/mol. The van der Waals surface area contributed by atoms with Gasteiger partial charge in [-0.2, -0.15) is 0 Å². The second kappa shape index (κ2) is 5.76. The Hall–Kier alpha value is -2.04. The van der Waals surface area contributed by atoms with Crippen LogP contribution in [0.15, 0.2) is 27.4 Å². The summed E-state index contributed by atoms with van der Waals surface area (Å²) in [6.45, 7) is 6.71. The molecule has 1 N–H and O–H groups in total. The Morgan fingerprint density at radius 3 is 2.71 bits per heavy atom. The van der Waals surface area contributed by atoms with Crippen molar-refractivity contribution in [2.24, 2.45) is 12.5 Å². The third kappa shape index (κ3) is 3.97. The van der Waals surface area contributed by atoms with E-state index in [2.05, 4.69) is 5.32 Å². The van der Waals surface area contributed by atoms with Crippen LogP contribution in [0, 0.1) is 5.41 Å². The van der Waals surface area contributed by atoms with Crippen LogP contribution in [-0.2, 0) is 18.3 Å². The van der Waals surface area contributed by atoms with E-state index < -0.39 is 0 Å². The third-order valence-corrected chi connectivity index (χ3v) is 3.28. The molecule has 0 aliphatic rings. The molecule has 1 aromatic carbocycles. The number of oxazole rings is 1. The predicted molar refractivity (Wildman–Crippen MR) is 82.2 cm³/mol. The van der Waals surface area contributed by atoms with Crippen LogP contribution in [0.5, 0.6) is 0 Å². The quantitative estimate of drug-likeness (QED) is 0.939. The fraction of sp³-hybridized carbons (Fsp3) is 0.500. The first kappa shape index (κ1) is 15.4. The van der Waals surface area contributed by atoms with Crippen LogP contribution in [0.4, 0.5) is 0 Å². The van der Waals surface area contributed by atoms with Gasteiger partial charge in [-0.15, -0.1) is 0 Å². The molecule has 114 valence electrons. The number of benzene rings is 1. The molecule has 0 radical (unpaired) electrons. The van der Waals surface area contributed by atoms with Gasteiger partial charge in [-0.25, -0.2) is 4.79 Å². The number of rotatable bonds is 4. The van der Waals surface area contributed by atoms with Crippen LogP contribution < -0.4 is 11.1 Å². The minimum atomic E-state index is -0.361. The number of aryl methyl sites for hydroxylation is 1. The fourth-order valence-electron chi connectivity index (χ4n) is 2.22. The molecule has 1 aromatic heterocycles. The van der Waals surface area contributed by atoms with Crippen LogP contribution >= 0.6 is 0 Å². The summed E-state index contributed by atoms with van der Waals surface area (Å²) in [4.78, 5) is 23.2. The number of aromatic nitrogens is 1. The molecule has 0 saturated carbocycles. The first-order chi connectivity index (χ1) is 9.76. The average Bonchev–Trinajstić information content (AvgIpc) is 2.63. The number of hydrogen-bond donors (Lipinski definition) is 1. The molecular weight excluding hydrogens is 268 g/mol. The summed E-state index contributed by atoms with van der Waals surface area (Å²) < 4.78 is 6.57. The lowest BCUT2D eigenvalue weighted by Crippen LogP contribution is -2.29. The van der Waals surface area contributed by atoms with E-state index in [-0.39, 0.29) is 17.1 Å². The molecule has 0 bridgehead atoms. The maximum atomic E-state index is 11.7. The summed E-state index contributed by atoms with van der Waals surface area (Å²) in [5, 5.41) is 2.92. The topological polar surface area (TPSA) is 64.2 Å². The summed E-state index contributed by atoms with van der Waals surface area (Å²) in [7, 11) is 1.68. The highest BCUT2D eigenvalue weighted by atomic mass is 16.4. The number of hydrogen-bond acceptors (Lipinski definition) is 3. The highest BCUT2D eigenvalue weighted by Crippen LogP contribution is 2.18. The maximum absolute atomic E-state index is 11.7. The number of carbonyl (C=O) groups is 1. The Bertz CT molecular complexity index is 704. The molecule has 0 aliphatic heterocycles. The van der Waals surface area contributed by atoms with Crippen molar-refractivity contribution in [3.63, 3.8) is 0 Å². The largest absolute Gasteiger partial charge is 0.419 e. The zero-order valence-electron chi connectivity index (χ0n) is 13.0. The third-order valence-electron chi connectivity index (χ3n) is 3.28. The number of carbonyl (C=O) groups excluding carboxylic acids is 1. The highest BCUT2D eigenvalue weighted by Gasteiger charge is 2.15. The van der Waals surface area contributed by atoms with E-state index in [1.807, 2.05) is 32.9 Å². The lowest BCUT2D eigenvalue weighted by atomic mass is 9.92. The van der Waals surface area contributed by atoms with Crippen molar-refractivity contribution in [2.45, 2.75) is 33.6 Å². The molecule has 0 fully saturated rings. The molecule has 1 amide bonds. The lowest BCUT2D eigenvalue weighted by molar-refractivity contribution is -0.122. The maximum Gasteiger partial charge on any atom is 0.419 e.